The number of hydrogen-bond acceptors (Lipinski definition) is 5. The molecule has 1 aliphatic rings. The predicted octanol–water partition coefficient (Wildman–Crippen LogP) is 5.69. The number of anilines is 1. The molecule has 0 spiro atoms. The van der Waals surface area contributed by atoms with Crippen LogP contribution in [0.2, 0.25) is 5.15 Å². The van der Waals surface area contributed by atoms with Crippen molar-refractivity contribution in [1.29, 1.82) is 0 Å². The van der Waals surface area contributed by atoms with Crippen molar-refractivity contribution >= 4 is 38.8 Å². The summed E-state index contributed by atoms with van der Waals surface area (Å²) in [7, 11) is 0. The third-order valence-corrected chi connectivity index (χ3v) is 5.75. The monoisotopic (exact) mass is 395 g/mol. The number of hydrogen-bond donors (Lipinski definition) is 2. The van der Waals surface area contributed by atoms with Crippen LogP contribution in [-0.4, -0.2) is 17.2 Å². The minimum absolute atomic E-state index is 0.163. The number of halogens is 2. The quantitative estimate of drug-likeness (QED) is 0.559. The molecule has 1 fully saturated rings. The van der Waals surface area contributed by atoms with E-state index in [1.54, 1.807) is 17.6 Å². The number of nitrogens with one attached hydrogen (secondary N) is 1. The molecule has 1 unspecified atom stereocenters. The second-order valence-electron chi connectivity index (χ2n) is 6.49. The van der Waals surface area contributed by atoms with E-state index in [9.17, 15) is 4.39 Å². The molecular weight excluding hydrogens is 373 g/mol. The highest BCUT2D eigenvalue weighted by Gasteiger charge is 2.19. The average molecular weight is 396 g/mol. The fourth-order valence-electron chi connectivity index (χ4n) is 2.93. The zero-order chi connectivity index (χ0) is 18.5. The summed E-state index contributed by atoms with van der Waals surface area (Å²) in [6, 6.07) is 5.50. The van der Waals surface area contributed by atoms with Crippen molar-refractivity contribution < 1.29 is 8.81 Å². The Morgan fingerprint density at radius 1 is 1.42 bits per heavy atom. The lowest BCUT2D eigenvalue weighted by atomic mass is 9.95. The molecule has 1 aliphatic carbocycles. The van der Waals surface area contributed by atoms with Crippen molar-refractivity contribution in [2.75, 3.05) is 5.32 Å². The molecule has 0 radical (unpaired) electrons. The molecule has 7 heteroatoms. The van der Waals surface area contributed by atoms with Crippen LogP contribution in [0.15, 0.2) is 34.3 Å². The highest BCUT2D eigenvalue weighted by atomic mass is 35.5. The first kappa shape index (κ1) is 19.1. The molecule has 0 aliphatic heterocycles. The molecule has 4 nitrogen and oxygen atoms in total. The summed E-state index contributed by atoms with van der Waals surface area (Å²) < 4.78 is 18.9. The Balaban J connectivity index is 0.000000206. The van der Waals surface area contributed by atoms with Gasteiger partial charge in [-0.05, 0) is 42.8 Å². The van der Waals surface area contributed by atoms with Crippen LogP contribution in [0.5, 0.6) is 0 Å². The lowest BCUT2D eigenvalue weighted by molar-refractivity contribution is 0.218. The predicted molar refractivity (Wildman–Crippen MR) is 107 cm³/mol. The van der Waals surface area contributed by atoms with Crippen LogP contribution in [0.25, 0.3) is 10.2 Å². The third-order valence-electron chi connectivity index (χ3n) is 4.43. The van der Waals surface area contributed by atoms with Crippen LogP contribution in [0.3, 0.4) is 0 Å². The maximum atomic E-state index is 12.5. The maximum Gasteiger partial charge on any atom is 0.131 e. The van der Waals surface area contributed by atoms with Gasteiger partial charge in [-0.3, -0.25) is 0 Å². The lowest BCUT2D eigenvalue weighted by Crippen LogP contribution is -2.34. The molecule has 3 aromatic rings. The molecule has 140 valence electrons. The summed E-state index contributed by atoms with van der Waals surface area (Å²) in [5, 5.41) is 5.93. The Hall–Kier alpha value is -1.63. The number of aryl methyl sites for hydroxylation is 1. The number of aromatic nitrogens is 1. The largest absolute Gasteiger partial charge is 0.467 e. The second-order valence-corrected chi connectivity index (χ2v) is 7.75. The van der Waals surface area contributed by atoms with E-state index in [1.807, 2.05) is 25.1 Å². The van der Waals surface area contributed by atoms with E-state index in [0.717, 1.165) is 46.5 Å². The average Bonchev–Trinajstić information content (AvgIpc) is 3.27. The number of nitrogens with zero attached hydrogens (tertiary/aromatic N) is 1. The fourth-order valence-corrected chi connectivity index (χ4v) is 4.11. The fraction of sp³-hybridized carbons (Fsp3) is 0.421. The highest BCUT2D eigenvalue weighted by molar-refractivity contribution is 7.18. The summed E-state index contributed by atoms with van der Waals surface area (Å²) in [5.41, 5.74) is 8.52. The van der Waals surface area contributed by atoms with Crippen LogP contribution in [-0.2, 0) is 6.54 Å². The number of thiophene rings is 1. The van der Waals surface area contributed by atoms with E-state index in [1.165, 1.54) is 0 Å². The van der Waals surface area contributed by atoms with Gasteiger partial charge in [-0.2, -0.15) is 0 Å². The summed E-state index contributed by atoms with van der Waals surface area (Å²) in [6.45, 7) is 2.68. The summed E-state index contributed by atoms with van der Waals surface area (Å²) in [6.07, 6.45) is 4.64. The van der Waals surface area contributed by atoms with Gasteiger partial charge in [0.25, 0.3) is 0 Å². The van der Waals surface area contributed by atoms with Gasteiger partial charge >= 0.3 is 0 Å². The minimum atomic E-state index is -0.719. The van der Waals surface area contributed by atoms with Crippen molar-refractivity contribution in [2.45, 2.75) is 51.4 Å². The highest BCUT2D eigenvalue weighted by Crippen LogP contribution is 2.32. The zero-order valence-electron chi connectivity index (χ0n) is 14.7. The summed E-state index contributed by atoms with van der Waals surface area (Å²) in [5.74, 6) is 0.893. The van der Waals surface area contributed by atoms with Crippen molar-refractivity contribution in [1.82, 2.24) is 4.98 Å². The van der Waals surface area contributed by atoms with Gasteiger partial charge in [0.1, 0.15) is 17.1 Å². The first-order valence-electron chi connectivity index (χ1n) is 8.75. The SMILES string of the molecule is Cc1csc2c(NCc3ccco3)cc(Cl)nc12.N[C@H]1CCCCC1F. The van der Waals surface area contributed by atoms with Crippen molar-refractivity contribution in [2.24, 2.45) is 5.73 Å². The normalized spacial score (nSPS) is 19.8. The number of pyridine rings is 1. The Labute approximate surface area is 161 Å². The van der Waals surface area contributed by atoms with Gasteiger partial charge in [-0.1, -0.05) is 24.4 Å². The van der Waals surface area contributed by atoms with Crippen LogP contribution >= 0.6 is 22.9 Å². The van der Waals surface area contributed by atoms with Crippen molar-refractivity contribution in [3.63, 3.8) is 0 Å². The molecule has 1 saturated carbocycles. The van der Waals surface area contributed by atoms with E-state index >= 15 is 0 Å². The van der Waals surface area contributed by atoms with E-state index in [-0.39, 0.29) is 6.04 Å². The Bertz CT molecular complexity index is 827. The number of fused-ring (bicyclic) bond motifs is 1. The number of furan rings is 1. The molecule has 0 bridgehead atoms. The van der Waals surface area contributed by atoms with Gasteiger partial charge in [-0.25, -0.2) is 9.37 Å². The van der Waals surface area contributed by atoms with Gasteiger partial charge in [0.15, 0.2) is 0 Å². The number of rotatable bonds is 3. The summed E-state index contributed by atoms with van der Waals surface area (Å²) >= 11 is 7.72. The van der Waals surface area contributed by atoms with Crippen molar-refractivity contribution in [3.8, 4) is 0 Å². The molecule has 2 atom stereocenters. The number of alkyl halides is 1. The Morgan fingerprint density at radius 2 is 2.23 bits per heavy atom. The standard InChI is InChI=1S/C13H11ClN2OS.C6H12FN/c1-8-7-18-13-10(5-11(14)16-12(8)13)15-6-9-3-2-4-17-9;7-5-3-1-2-4-6(5)8/h2-5,7H,6H2,1H3,(H,15,16);5-6H,1-4,8H2/t;5?,6-/m.0/s1. The first-order valence-corrected chi connectivity index (χ1v) is 10.0. The van der Waals surface area contributed by atoms with E-state index in [4.69, 9.17) is 21.8 Å². The number of nitrogens with two attached hydrogens (primary N) is 1. The molecule has 0 amide bonds. The van der Waals surface area contributed by atoms with Crippen molar-refractivity contribution in [3.05, 3.63) is 46.3 Å². The second kappa shape index (κ2) is 8.84. The molecule has 26 heavy (non-hydrogen) atoms. The molecule has 3 aromatic heterocycles. The third kappa shape index (κ3) is 4.75. The molecule has 0 saturated heterocycles. The molecule has 4 rings (SSSR count). The molecular formula is C19H23ClFN3OS. The van der Waals surface area contributed by atoms with Crippen LogP contribution < -0.4 is 11.1 Å². The maximum absolute atomic E-state index is 12.5. The lowest BCUT2D eigenvalue weighted by Gasteiger charge is -2.21. The van der Waals surface area contributed by atoms with Crippen LogP contribution in [0.4, 0.5) is 10.1 Å². The van der Waals surface area contributed by atoms with E-state index < -0.39 is 6.17 Å². The van der Waals surface area contributed by atoms with Gasteiger partial charge in [-0.15, -0.1) is 11.3 Å². The molecule has 0 aromatic carbocycles. The topological polar surface area (TPSA) is 64.1 Å². The van der Waals surface area contributed by atoms with E-state index in [2.05, 4.69) is 15.7 Å². The van der Waals surface area contributed by atoms with Gasteiger partial charge in [0.05, 0.1) is 28.7 Å². The minimum Gasteiger partial charge on any atom is -0.467 e. The van der Waals surface area contributed by atoms with Gasteiger partial charge < -0.3 is 15.5 Å². The zero-order valence-corrected chi connectivity index (χ0v) is 16.2. The molecule has 3 heterocycles. The Morgan fingerprint density at radius 3 is 2.88 bits per heavy atom. The van der Waals surface area contributed by atoms with E-state index in [0.29, 0.717) is 18.1 Å². The smallest absolute Gasteiger partial charge is 0.131 e. The summed E-state index contributed by atoms with van der Waals surface area (Å²) in [4.78, 5) is 4.35. The van der Waals surface area contributed by atoms with Crippen LogP contribution in [0, 0.1) is 6.92 Å². The Kier molecular flexibility index (Phi) is 6.51. The van der Waals surface area contributed by atoms with Gasteiger partial charge in [0.2, 0.25) is 0 Å². The first-order chi connectivity index (χ1) is 12.5. The van der Waals surface area contributed by atoms with Crippen LogP contribution in [0.1, 0.15) is 37.0 Å². The molecule has 3 N–H and O–H groups in total. The van der Waals surface area contributed by atoms with Gasteiger partial charge in [0, 0.05) is 12.1 Å².